The highest BCUT2D eigenvalue weighted by Gasteiger charge is 2.75. The number of aliphatic hydroxyl groups is 1. The molecule has 0 aliphatic carbocycles. The number of fused-ring (bicyclic) bond motifs is 5. The minimum absolute atomic E-state index is 0.172. The number of nitrogens with zero attached hydrogens (tertiary/aromatic N) is 1. The van der Waals surface area contributed by atoms with Gasteiger partial charge in [0.15, 0.2) is 0 Å². The molecule has 150 valence electrons. The Morgan fingerprint density at radius 1 is 1.29 bits per heavy atom. The second-order valence-corrected chi connectivity index (χ2v) is 8.32. The molecule has 3 aliphatic rings. The molecule has 1 aromatic carbocycles. The summed E-state index contributed by atoms with van der Waals surface area (Å²) in [7, 11) is 0. The van der Waals surface area contributed by atoms with Crippen molar-refractivity contribution in [2.45, 2.75) is 43.8 Å². The molecule has 0 spiro atoms. The van der Waals surface area contributed by atoms with Crippen molar-refractivity contribution in [3.8, 4) is 0 Å². The lowest BCUT2D eigenvalue weighted by molar-refractivity contribution is -0.138. The number of ether oxygens (including phenoxy) is 1. The molecule has 0 saturated carbocycles. The molecule has 28 heavy (non-hydrogen) atoms. The van der Waals surface area contributed by atoms with Crippen LogP contribution < -0.4 is 10.6 Å². The molecule has 6 nitrogen and oxygen atoms in total. The lowest BCUT2D eigenvalue weighted by Crippen LogP contribution is -2.49. The van der Waals surface area contributed by atoms with Crippen LogP contribution in [0, 0.1) is 11.8 Å². The summed E-state index contributed by atoms with van der Waals surface area (Å²) in [6, 6.07) is 2.97. The zero-order valence-electron chi connectivity index (χ0n) is 14.9. The summed E-state index contributed by atoms with van der Waals surface area (Å²) in [5.74, 6) is -3.14. The number of carbonyl (C=O) groups excluding carboxylic acids is 2. The molecule has 2 unspecified atom stereocenters. The van der Waals surface area contributed by atoms with Gasteiger partial charge in [-0.25, -0.2) is 4.90 Å². The number of hydrogen-bond acceptors (Lipinski definition) is 5. The fraction of sp³-hybridized carbons (Fsp3) is 0.500. The molecule has 1 aromatic rings. The summed E-state index contributed by atoms with van der Waals surface area (Å²) in [4.78, 5) is 26.4. The normalized spacial score (nSPS) is 36.9. The number of hydrogen-bond donors (Lipinski definition) is 2. The van der Waals surface area contributed by atoms with Crippen molar-refractivity contribution < 1.29 is 32.6 Å². The maximum absolute atomic E-state index is 13.5. The first-order valence-corrected chi connectivity index (χ1v) is 8.99. The standard InChI is InChI=1S/C18H17F3N2O4S/c1-16-6-10(24)17(2,27-16)12-11(16)14(25)23(15(12)26)7-3-4-8(13(22)28)9(5-7)18(19,20)21/h3-5,10-12,24H,6H2,1-2H3,(H2,22,28)/t10-,11+,12-,16?,17?/m0/s1. The second kappa shape index (κ2) is 5.52. The van der Waals surface area contributed by atoms with E-state index in [4.69, 9.17) is 10.5 Å². The molecule has 3 N–H and O–H groups in total. The number of carbonyl (C=O) groups is 2. The number of imide groups is 1. The maximum atomic E-state index is 13.5. The zero-order valence-corrected chi connectivity index (χ0v) is 15.7. The average molecular weight is 414 g/mol. The minimum atomic E-state index is -4.77. The van der Waals surface area contributed by atoms with Crippen LogP contribution in [0.2, 0.25) is 0 Å². The van der Waals surface area contributed by atoms with Crippen molar-refractivity contribution in [1.29, 1.82) is 0 Å². The van der Waals surface area contributed by atoms with Crippen molar-refractivity contribution in [3.63, 3.8) is 0 Å². The summed E-state index contributed by atoms with van der Waals surface area (Å²) in [6.45, 7) is 3.19. The fourth-order valence-electron chi connectivity index (χ4n) is 4.90. The number of halogens is 3. The first kappa shape index (κ1) is 19.3. The average Bonchev–Trinajstić information content (AvgIpc) is 3.07. The molecule has 0 aromatic heterocycles. The molecule has 2 amide bonds. The molecule has 3 aliphatic heterocycles. The van der Waals surface area contributed by atoms with E-state index in [-0.39, 0.29) is 17.7 Å². The van der Waals surface area contributed by atoms with Crippen LogP contribution in [-0.4, -0.2) is 39.2 Å². The first-order chi connectivity index (χ1) is 12.8. The summed E-state index contributed by atoms with van der Waals surface area (Å²) in [5, 5.41) is 10.3. The van der Waals surface area contributed by atoms with Gasteiger partial charge >= 0.3 is 6.18 Å². The Bertz CT molecular complexity index is 936. The van der Waals surface area contributed by atoms with E-state index in [0.717, 1.165) is 11.0 Å². The Morgan fingerprint density at radius 2 is 1.89 bits per heavy atom. The predicted molar refractivity (Wildman–Crippen MR) is 95.3 cm³/mol. The molecule has 0 radical (unpaired) electrons. The maximum Gasteiger partial charge on any atom is 0.417 e. The molecule has 3 saturated heterocycles. The van der Waals surface area contributed by atoms with Crippen molar-refractivity contribution in [1.82, 2.24) is 0 Å². The van der Waals surface area contributed by atoms with Gasteiger partial charge < -0.3 is 15.6 Å². The number of anilines is 1. The Balaban J connectivity index is 1.81. The predicted octanol–water partition coefficient (Wildman–Crippen LogP) is 1.76. The van der Waals surface area contributed by atoms with Gasteiger partial charge in [-0.05, 0) is 32.0 Å². The number of aliphatic hydroxyl groups excluding tert-OH is 1. The highest BCUT2D eigenvalue weighted by atomic mass is 32.1. The summed E-state index contributed by atoms with van der Waals surface area (Å²) in [6.07, 6.45) is -5.54. The van der Waals surface area contributed by atoms with Crippen LogP contribution in [0.25, 0.3) is 0 Å². The van der Waals surface area contributed by atoms with Gasteiger partial charge in [-0.2, -0.15) is 13.2 Å². The van der Waals surface area contributed by atoms with Gasteiger partial charge in [0, 0.05) is 12.0 Å². The molecular formula is C18H17F3N2O4S. The SMILES string of the molecule is CC12C[C@H](O)C(C)(O1)[C@@H]1C(=O)N(c3ccc(C(N)=S)c(C(F)(F)F)c3)C(=O)[C@@H]12. The van der Waals surface area contributed by atoms with Gasteiger partial charge in [-0.3, -0.25) is 9.59 Å². The van der Waals surface area contributed by atoms with Crippen molar-refractivity contribution >= 4 is 34.7 Å². The Hall–Kier alpha value is -2.04. The van der Waals surface area contributed by atoms with Crippen LogP contribution in [0.4, 0.5) is 18.9 Å². The third-order valence-corrected chi connectivity index (χ3v) is 6.35. The van der Waals surface area contributed by atoms with Gasteiger partial charge in [0.05, 0.1) is 34.8 Å². The summed E-state index contributed by atoms with van der Waals surface area (Å²) in [5.41, 5.74) is 1.36. The van der Waals surface area contributed by atoms with E-state index in [1.165, 1.54) is 6.07 Å². The van der Waals surface area contributed by atoms with Crippen LogP contribution in [0.3, 0.4) is 0 Å². The van der Waals surface area contributed by atoms with E-state index < -0.39 is 57.7 Å². The molecule has 5 atom stereocenters. The van der Waals surface area contributed by atoms with E-state index in [9.17, 15) is 27.9 Å². The quantitative estimate of drug-likeness (QED) is 0.566. The van der Waals surface area contributed by atoms with Crippen molar-refractivity contribution in [2.24, 2.45) is 17.6 Å². The third-order valence-electron chi connectivity index (χ3n) is 6.13. The monoisotopic (exact) mass is 414 g/mol. The molecular weight excluding hydrogens is 397 g/mol. The Labute approximate surface area is 163 Å². The van der Waals surface area contributed by atoms with E-state index in [1.54, 1.807) is 13.8 Å². The Morgan fingerprint density at radius 3 is 2.46 bits per heavy atom. The molecule has 3 fully saturated rings. The largest absolute Gasteiger partial charge is 0.417 e. The van der Waals surface area contributed by atoms with E-state index in [1.807, 2.05) is 0 Å². The third kappa shape index (κ3) is 2.31. The first-order valence-electron chi connectivity index (χ1n) is 8.58. The van der Waals surface area contributed by atoms with Gasteiger partial charge in [-0.15, -0.1) is 0 Å². The topological polar surface area (TPSA) is 92.9 Å². The van der Waals surface area contributed by atoms with Crippen LogP contribution in [0.5, 0.6) is 0 Å². The number of nitrogens with two attached hydrogens (primary N) is 1. The van der Waals surface area contributed by atoms with Gasteiger partial charge in [0.2, 0.25) is 11.8 Å². The number of rotatable bonds is 2. The smallest absolute Gasteiger partial charge is 0.390 e. The van der Waals surface area contributed by atoms with Gasteiger partial charge in [-0.1, -0.05) is 12.2 Å². The highest BCUT2D eigenvalue weighted by molar-refractivity contribution is 7.80. The number of amides is 2. The molecule has 10 heteroatoms. The van der Waals surface area contributed by atoms with Crippen molar-refractivity contribution in [2.75, 3.05) is 4.90 Å². The Kier molecular flexibility index (Phi) is 3.80. The lowest BCUT2D eigenvalue weighted by Gasteiger charge is -2.31. The lowest BCUT2D eigenvalue weighted by atomic mass is 9.67. The van der Waals surface area contributed by atoms with E-state index in [2.05, 4.69) is 12.2 Å². The number of thiocarbonyl (C=S) groups is 1. The van der Waals surface area contributed by atoms with Crippen molar-refractivity contribution in [3.05, 3.63) is 29.3 Å². The van der Waals surface area contributed by atoms with Gasteiger partial charge in [0.1, 0.15) is 10.6 Å². The number of benzene rings is 1. The fourth-order valence-corrected chi connectivity index (χ4v) is 5.07. The van der Waals surface area contributed by atoms with Crippen LogP contribution in [0.15, 0.2) is 18.2 Å². The van der Waals surface area contributed by atoms with E-state index >= 15 is 0 Å². The summed E-state index contributed by atoms with van der Waals surface area (Å²) >= 11 is 4.68. The minimum Gasteiger partial charge on any atom is -0.390 e. The zero-order chi connectivity index (χ0) is 20.8. The van der Waals surface area contributed by atoms with Gasteiger partial charge in [0.25, 0.3) is 0 Å². The molecule has 3 heterocycles. The number of alkyl halides is 3. The second-order valence-electron chi connectivity index (χ2n) is 7.88. The molecule has 4 rings (SSSR count). The molecule has 2 bridgehead atoms. The van der Waals surface area contributed by atoms with Crippen LogP contribution >= 0.6 is 12.2 Å². The highest BCUT2D eigenvalue weighted by Crippen LogP contribution is 2.61. The van der Waals surface area contributed by atoms with Crippen LogP contribution in [0.1, 0.15) is 31.4 Å². The van der Waals surface area contributed by atoms with E-state index in [0.29, 0.717) is 6.07 Å². The summed E-state index contributed by atoms with van der Waals surface area (Å²) < 4.78 is 46.2. The van der Waals surface area contributed by atoms with Crippen LogP contribution in [-0.2, 0) is 20.5 Å².